The van der Waals surface area contributed by atoms with E-state index in [9.17, 15) is 0 Å². The lowest BCUT2D eigenvalue weighted by atomic mass is 9.92. The Balaban J connectivity index is 1.29. The SMILES string of the molecule is Cn1ccnc1[C@@H]1OCCC[C@H]1CNC1CCN(c2ccncc2)CC1. The fourth-order valence-electron chi connectivity index (χ4n) is 4.20. The Hall–Kier alpha value is -1.92. The van der Waals surface area contributed by atoms with E-state index in [2.05, 4.69) is 43.9 Å². The molecular formula is C20H29N5O. The van der Waals surface area contributed by atoms with Crippen molar-refractivity contribution in [2.75, 3.05) is 31.1 Å². The highest BCUT2D eigenvalue weighted by atomic mass is 16.5. The molecule has 0 aromatic carbocycles. The number of piperidine rings is 1. The molecule has 0 aliphatic carbocycles. The second kappa shape index (κ2) is 8.18. The lowest BCUT2D eigenvalue weighted by Crippen LogP contribution is -2.45. The normalized spacial score (nSPS) is 24.7. The summed E-state index contributed by atoms with van der Waals surface area (Å²) in [5.41, 5.74) is 1.29. The van der Waals surface area contributed by atoms with Crippen LogP contribution in [0.4, 0.5) is 5.69 Å². The molecular weight excluding hydrogens is 326 g/mol. The van der Waals surface area contributed by atoms with E-state index in [1.54, 1.807) is 0 Å². The number of ether oxygens (including phenoxy) is 1. The molecule has 6 nitrogen and oxygen atoms in total. The van der Waals surface area contributed by atoms with Crippen molar-refractivity contribution < 1.29 is 4.74 Å². The molecule has 2 atom stereocenters. The number of hydrogen-bond donors (Lipinski definition) is 1. The summed E-state index contributed by atoms with van der Waals surface area (Å²) in [5.74, 6) is 1.56. The minimum atomic E-state index is 0.119. The second-order valence-electron chi connectivity index (χ2n) is 7.47. The zero-order chi connectivity index (χ0) is 17.8. The van der Waals surface area contributed by atoms with E-state index in [4.69, 9.17) is 4.74 Å². The van der Waals surface area contributed by atoms with Gasteiger partial charge in [0.1, 0.15) is 11.9 Å². The number of rotatable bonds is 5. The highest BCUT2D eigenvalue weighted by molar-refractivity contribution is 5.44. The van der Waals surface area contributed by atoms with Crippen LogP contribution in [-0.4, -0.2) is 46.8 Å². The summed E-state index contributed by atoms with van der Waals surface area (Å²) < 4.78 is 8.19. The molecule has 140 valence electrons. The lowest BCUT2D eigenvalue weighted by Gasteiger charge is -2.36. The van der Waals surface area contributed by atoms with E-state index in [0.717, 1.165) is 38.5 Å². The smallest absolute Gasteiger partial charge is 0.137 e. The maximum absolute atomic E-state index is 6.09. The molecule has 0 unspecified atom stereocenters. The van der Waals surface area contributed by atoms with Crippen LogP contribution in [0.5, 0.6) is 0 Å². The van der Waals surface area contributed by atoms with Crippen molar-refractivity contribution in [1.29, 1.82) is 0 Å². The van der Waals surface area contributed by atoms with Gasteiger partial charge in [-0.15, -0.1) is 0 Å². The van der Waals surface area contributed by atoms with Gasteiger partial charge in [0.15, 0.2) is 0 Å². The van der Waals surface area contributed by atoms with Crippen molar-refractivity contribution in [2.24, 2.45) is 13.0 Å². The first kappa shape index (κ1) is 17.5. The van der Waals surface area contributed by atoms with Gasteiger partial charge in [-0.05, 0) is 37.8 Å². The Kier molecular flexibility index (Phi) is 5.51. The monoisotopic (exact) mass is 355 g/mol. The molecule has 2 fully saturated rings. The number of nitrogens with one attached hydrogen (secondary N) is 1. The van der Waals surface area contributed by atoms with Crippen LogP contribution in [0.1, 0.15) is 37.6 Å². The van der Waals surface area contributed by atoms with E-state index in [0.29, 0.717) is 12.0 Å². The van der Waals surface area contributed by atoms with Gasteiger partial charge in [0, 0.05) is 75.7 Å². The molecule has 0 saturated carbocycles. The van der Waals surface area contributed by atoms with E-state index in [1.807, 2.05) is 24.8 Å². The highest BCUT2D eigenvalue weighted by Crippen LogP contribution is 2.32. The quantitative estimate of drug-likeness (QED) is 0.893. The van der Waals surface area contributed by atoms with Crippen molar-refractivity contribution in [1.82, 2.24) is 19.9 Å². The topological polar surface area (TPSA) is 55.2 Å². The molecule has 2 aromatic heterocycles. The Morgan fingerprint density at radius 3 is 2.69 bits per heavy atom. The first-order chi connectivity index (χ1) is 12.8. The van der Waals surface area contributed by atoms with E-state index < -0.39 is 0 Å². The molecule has 1 N–H and O–H groups in total. The summed E-state index contributed by atoms with van der Waals surface area (Å²) in [4.78, 5) is 11.1. The maximum atomic E-state index is 6.09. The summed E-state index contributed by atoms with van der Waals surface area (Å²) in [7, 11) is 2.06. The zero-order valence-corrected chi connectivity index (χ0v) is 15.6. The van der Waals surface area contributed by atoms with E-state index in [1.165, 1.54) is 24.9 Å². The van der Waals surface area contributed by atoms with Crippen LogP contribution in [0.2, 0.25) is 0 Å². The average molecular weight is 355 g/mol. The van der Waals surface area contributed by atoms with Crippen LogP contribution >= 0.6 is 0 Å². The third kappa shape index (κ3) is 3.91. The fraction of sp³-hybridized carbons (Fsp3) is 0.600. The Bertz CT molecular complexity index is 681. The Morgan fingerprint density at radius 1 is 1.15 bits per heavy atom. The van der Waals surface area contributed by atoms with E-state index >= 15 is 0 Å². The third-order valence-corrected chi connectivity index (χ3v) is 5.75. The molecule has 6 heteroatoms. The number of anilines is 1. The second-order valence-corrected chi connectivity index (χ2v) is 7.47. The minimum Gasteiger partial charge on any atom is -0.371 e. The van der Waals surface area contributed by atoms with Crippen molar-refractivity contribution in [3.8, 4) is 0 Å². The number of pyridine rings is 1. The standard InChI is InChI=1S/C20H29N5O/c1-24-13-10-22-20(24)19-16(3-2-14-26-19)15-23-17-6-11-25(12-7-17)18-4-8-21-9-5-18/h4-5,8-10,13,16-17,19,23H,2-3,6-7,11-12,14-15H2,1H3/t16-,19+/m0/s1. The molecule has 26 heavy (non-hydrogen) atoms. The molecule has 2 aromatic rings. The largest absolute Gasteiger partial charge is 0.371 e. The maximum Gasteiger partial charge on any atom is 0.137 e. The van der Waals surface area contributed by atoms with Crippen molar-refractivity contribution in [3.05, 3.63) is 42.7 Å². The van der Waals surface area contributed by atoms with Crippen LogP contribution in [0.3, 0.4) is 0 Å². The van der Waals surface area contributed by atoms with Crippen LogP contribution < -0.4 is 10.2 Å². The summed E-state index contributed by atoms with van der Waals surface area (Å²) in [6.07, 6.45) is 12.5. The number of imidazole rings is 1. The van der Waals surface area contributed by atoms with Gasteiger partial charge in [-0.25, -0.2) is 4.98 Å². The van der Waals surface area contributed by atoms with Gasteiger partial charge in [-0.2, -0.15) is 0 Å². The molecule has 0 amide bonds. The van der Waals surface area contributed by atoms with Gasteiger partial charge in [-0.3, -0.25) is 4.98 Å². The number of nitrogens with zero attached hydrogens (tertiary/aromatic N) is 4. The summed E-state index contributed by atoms with van der Waals surface area (Å²) in [5, 5.41) is 3.82. The molecule has 2 aliphatic rings. The lowest BCUT2D eigenvalue weighted by molar-refractivity contribution is -0.0351. The van der Waals surface area contributed by atoms with Crippen LogP contribution in [0.15, 0.2) is 36.9 Å². The molecule has 2 saturated heterocycles. The molecule has 0 bridgehead atoms. The minimum absolute atomic E-state index is 0.119. The molecule has 0 spiro atoms. The van der Waals surface area contributed by atoms with Crippen LogP contribution in [-0.2, 0) is 11.8 Å². The molecule has 0 radical (unpaired) electrons. The summed E-state index contributed by atoms with van der Waals surface area (Å²) in [6, 6.07) is 4.80. The van der Waals surface area contributed by atoms with Gasteiger partial charge in [-0.1, -0.05) is 0 Å². The van der Waals surface area contributed by atoms with Crippen molar-refractivity contribution >= 4 is 5.69 Å². The highest BCUT2D eigenvalue weighted by Gasteiger charge is 2.31. The first-order valence-corrected chi connectivity index (χ1v) is 9.78. The van der Waals surface area contributed by atoms with Crippen molar-refractivity contribution in [2.45, 2.75) is 37.8 Å². The molecule has 4 heterocycles. The third-order valence-electron chi connectivity index (χ3n) is 5.75. The predicted molar refractivity (Wildman–Crippen MR) is 102 cm³/mol. The Morgan fingerprint density at radius 2 is 1.96 bits per heavy atom. The fourth-order valence-corrected chi connectivity index (χ4v) is 4.20. The summed E-state index contributed by atoms with van der Waals surface area (Å²) in [6.45, 7) is 4.06. The van der Waals surface area contributed by atoms with E-state index in [-0.39, 0.29) is 6.10 Å². The predicted octanol–water partition coefficient (Wildman–Crippen LogP) is 2.54. The first-order valence-electron chi connectivity index (χ1n) is 9.78. The van der Waals surface area contributed by atoms with Gasteiger partial charge < -0.3 is 19.5 Å². The zero-order valence-electron chi connectivity index (χ0n) is 15.6. The average Bonchev–Trinajstić information content (AvgIpc) is 3.13. The van der Waals surface area contributed by atoms with Gasteiger partial charge in [0.25, 0.3) is 0 Å². The van der Waals surface area contributed by atoms with Crippen LogP contribution in [0, 0.1) is 5.92 Å². The number of aromatic nitrogens is 3. The van der Waals surface area contributed by atoms with Crippen molar-refractivity contribution in [3.63, 3.8) is 0 Å². The number of hydrogen-bond acceptors (Lipinski definition) is 5. The van der Waals surface area contributed by atoms with Crippen LogP contribution in [0.25, 0.3) is 0 Å². The Labute approximate surface area is 155 Å². The summed E-state index contributed by atoms with van der Waals surface area (Å²) >= 11 is 0. The molecule has 2 aliphatic heterocycles. The number of aryl methyl sites for hydroxylation is 1. The van der Waals surface area contributed by atoms with Gasteiger partial charge in [0.05, 0.1) is 0 Å². The van der Waals surface area contributed by atoms with Gasteiger partial charge in [0.2, 0.25) is 0 Å². The van der Waals surface area contributed by atoms with Gasteiger partial charge >= 0.3 is 0 Å². The molecule has 4 rings (SSSR count).